The molecule has 0 saturated heterocycles. The lowest BCUT2D eigenvalue weighted by Gasteiger charge is -2.14. The lowest BCUT2D eigenvalue weighted by atomic mass is 10.0. The van der Waals surface area contributed by atoms with Crippen LogP contribution in [0, 0.1) is 0 Å². The molecule has 0 aliphatic heterocycles. The van der Waals surface area contributed by atoms with Gasteiger partial charge in [-0.3, -0.25) is 4.79 Å². The third-order valence-corrected chi connectivity index (χ3v) is 6.34. The van der Waals surface area contributed by atoms with Gasteiger partial charge in [0, 0.05) is 18.2 Å². The molecule has 2 aromatic rings. The standard InChI is InChI=1S/C21H30N4OS/c1-4-15-12-9-13-16(5-2)19(15)22-18(26)14-27-21-24-23-20(25(21)6-3)17-10-7-8-11-17/h9,12-13,17H,4-8,10-11,14H2,1-3H3,(H,22,26). The van der Waals surface area contributed by atoms with Gasteiger partial charge in [0.2, 0.25) is 5.91 Å². The number of aromatic nitrogens is 3. The molecule has 1 aliphatic rings. The molecule has 5 nitrogen and oxygen atoms in total. The number of nitrogens with one attached hydrogen (secondary N) is 1. The van der Waals surface area contributed by atoms with Gasteiger partial charge in [0.15, 0.2) is 5.16 Å². The highest BCUT2D eigenvalue weighted by Crippen LogP contribution is 2.34. The first-order valence-electron chi connectivity index (χ1n) is 10.1. The van der Waals surface area contributed by atoms with E-state index in [-0.39, 0.29) is 5.91 Å². The van der Waals surface area contributed by atoms with Crippen molar-refractivity contribution in [3.05, 3.63) is 35.2 Å². The van der Waals surface area contributed by atoms with Crippen molar-refractivity contribution in [1.82, 2.24) is 14.8 Å². The van der Waals surface area contributed by atoms with E-state index in [1.54, 1.807) is 0 Å². The number of carbonyl (C=O) groups is 1. The predicted molar refractivity (Wildman–Crippen MR) is 111 cm³/mol. The maximum Gasteiger partial charge on any atom is 0.234 e. The number of benzene rings is 1. The molecule has 6 heteroatoms. The first kappa shape index (κ1) is 19.9. The van der Waals surface area contributed by atoms with Crippen molar-refractivity contribution in [2.45, 2.75) is 76.9 Å². The highest BCUT2D eigenvalue weighted by Gasteiger charge is 2.24. The van der Waals surface area contributed by atoms with Crippen LogP contribution >= 0.6 is 11.8 Å². The minimum absolute atomic E-state index is 0.0173. The quantitative estimate of drug-likeness (QED) is 0.661. The molecule has 3 rings (SSSR count). The number of rotatable bonds is 8. The molecular formula is C21H30N4OS. The number of anilines is 1. The van der Waals surface area contributed by atoms with Gasteiger partial charge in [0.05, 0.1) is 5.75 Å². The Hall–Kier alpha value is -1.82. The molecule has 1 amide bonds. The SMILES string of the molecule is CCc1cccc(CC)c1NC(=O)CSc1nnc(C2CCCC2)n1CC. The van der Waals surface area contributed by atoms with E-state index in [2.05, 4.69) is 59.1 Å². The van der Waals surface area contributed by atoms with Crippen molar-refractivity contribution in [3.8, 4) is 0 Å². The highest BCUT2D eigenvalue weighted by molar-refractivity contribution is 7.99. The summed E-state index contributed by atoms with van der Waals surface area (Å²) in [6, 6.07) is 6.24. The van der Waals surface area contributed by atoms with Crippen LogP contribution in [0.4, 0.5) is 5.69 Å². The van der Waals surface area contributed by atoms with Gasteiger partial charge in [-0.05, 0) is 43.7 Å². The summed E-state index contributed by atoms with van der Waals surface area (Å²) in [5, 5.41) is 12.8. The van der Waals surface area contributed by atoms with Crippen molar-refractivity contribution in [3.63, 3.8) is 0 Å². The summed E-state index contributed by atoms with van der Waals surface area (Å²) in [6.07, 6.45) is 6.79. The molecule has 1 heterocycles. The molecule has 27 heavy (non-hydrogen) atoms. The van der Waals surface area contributed by atoms with Crippen molar-refractivity contribution in [2.24, 2.45) is 0 Å². The van der Waals surface area contributed by atoms with Gasteiger partial charge < -0.3 is 9.88 Å². The third-order valence-electron chi connectivity index (χ3n) is 5.38. The number of para-hydroxylation sites is 1. The number of hydrogen-bond donors (Lipinski definition) is 1. The Morgan fingerprint density at radius 3 is 2.41 bits per heavy atom. The Bertz CT molecular complexity index is 758. The zero-order chi connectivity index (χ0) is 19.2. The fourth-order valence-electron chi connectivity index (χ4n) is 3.90. The van der Waals surface area contributed by atoms with Crippen molar-refractivity contribution >= 4 is 23.4 Å². The number of nitrogens with zero attached hydrogens (tertiary/aromatic N) is 3. The molecule has 1 aromatic carbocycles. The summed E-state index contributed by atoms with van der Waals surface area (Å²) in [5.41, 5.74) is 3.36. The highest BCUT2D eigenvalue weighted by atomic mass is 32.2. The summed E-state index contributed by atoms with van der Waals surface area (Å²) in [4.78, 5) is 12.6. The number of carbonyl (C=O) groups excluding carboxylic acids is 1. The summed E-state index contributed by atoms with van der Waals surface area (Å²) < 4.78 is 2.19. The van der Waals surface area contributed by atoms with Gasteiger partial charge >= 0.3 is 0 Å². The van der Waals surface area contributed by atoms with E-state index in [0.717, 1.165) is 36.1 Å². The summed E-state index contributed by atoms with van der Waals surface area (Å²) in [5.74, 6) is 2.00. The molecule has 0 spiro atoms. The number of aryl methyl sites for hydroxylation is 2. The second-order valence-corrected chi connectivity index (χ2v) is 8.00. The maximum absolute atomic E-state index is 12.6. The predicted octanol–water partition coefficient (Wildman–Crippen LogP) is 4.81. The Morgan fingerprint density at radius 2 is 1.81 bits per heavy atom. The molecule has 1 N–H and O–H groups in total. The van der Waals surface area contributed by atoms with Gasteiger partial charge in [0.1, 0.15) is 5.82 Å². The molecule has 0 atom stereocenters. The van der Waals surface area contributed by atoms with Crippen LogP contribution in [0.25, 0.3) is 0 Å². The van der Waals surface area contributed by atoms with Gasteiger partial charge in [-0.1, -0.05) is 56.7 Å². The summed E-state index contributed by atoms with van der Waals surface area (Å²) >= 11 is 1.48. The monoisotopic (exact) mass is 386 g/mol. The largest absolute Gasteiger partial charge is 0.325 e. The van der Waals surface area contributed by atoms with Crippen LogP contribution in [-0.2, 0) is 24.2 Å². The lowest BCUT2D eigenvalue weighted by molar-refractivity contribution is -0.113. The number of hydrogen-bond acceptors (Lipinski definition) is 4. The molecule has 0 radical (unpaired) electrons. The van der Waals surface area contributed by atoms with Crippen molar-refractivity contribution in [1.29, 1.82) is 0 Å². The minimum atomic E-state index is 0.0173. The van der Waals surface area contributed by atoms with Crippen LogP contribution in [-0.4, -0.2) is 26.4 Å². The summed E-state index contributed by atoms with van der Waals surface area (Å²) in [7, 11) is 0. The van der Waals surface area contributed by atoms with Crippen molar-refractivity contribution < 1.29 is 4.79 Å². The maximum atomic E-state index is 12.6. The first-order chi connectivity index (χ1) is 13.2. The van der Waals surface area contributed by atoms with E-state index < -0.39 is 0 Å². The molecule has 1 saturated carbocycles. The van der Waals surface area contributed by atoms with E-state index in [9.17, 15) is 4.79 Å². The second-order valence-electron chi connectivity index (χ2n) is 7.06. The Balaban J connectivity index is 1.66. The Morgan fingerprint density at radius 1 is 1.15 bits per heavy atom. The fraction of sp³-hybridized carbons (Fsp3) is 0.571. The van der Waals surface area contributed by atoms with Gasteiger partial charge in [-0.15, -0.1) is 10.2 Å². The molecule has 0 bridgehead atoms. The van der Waals surface area contributed by atoms with Crippen LogP contribution in [0.2, 0.25) is 0 Å². The third kappa shape index (κ3) is 4.54. The number of amides is 1. The zero-order valence-corrected chi connectivity index (χ0v) is 17.4. The van der Waals surface area contributed by atoms with E-state index in [1.807, 2.05) is 0 Å². The number of thioether (sulfide) groups is 1. The van der Waals surface area contributed by atoms with E-state index in [1.165, 1.54) is 48.6 Å². The Kier molecular flexibility index (Phi) is 6.94. The molecule has 1 aromatic heterocycles. The van der Waals surface area contributed by atoms with Crippen LogP contribution < -0.4 is 5.32 Å². The average Bonchev–Trinajstić information content (AvgIpc) is 3.35. The Labute approximate surface area is 166 Å². The first-order valence-corrected chi connectivity index (χ1v) is 11.1. The van der Waals surface area contributed by atoms with E-state index in [4.69, 9.17) is 0 Å². The zero-order valence-electron chi connectivity index (χ0n) is 16.6. The molecule has 1 fully saturated rings. The smallest absolute Gasteiger partial charge is 0.234 e. The van der Waals surface area contributed by atoms with E-state index >= 15 is 0 Å². The molecule has 0 unspecified atom stereocenters. The summed E-state index contributed by atoms with van der Waals surface area (Å²) in [6.45, 7) is 7.21. The van der Waals surface area contributed by atoms with Crippen LogP contribution in [0.5, 0.6) is 0 Å². The minimum Gasteiger partial charge on any atom is -0.325 e. The van der Waals surface area contributed by atoms with Crippen molar-refractivity contribution in [2.75, 3.05) is 11.1 Å². The second kappa shape index (κ2) is 9.40. The normalized spacial score (nSPS) is 14.6. The van der Waals surface area contributed by atoms with E-state index in [0.29, 0.717) is 11.7 Å². The molecular weight excluding hydrogens is 356 g/mol. The molecule has 146 valence electrons. The topological polar surface area (TPSA) is 59.8 Å². The van der Waals surface area contributed by atoms with Gasteiger partial charge in [0.25, 0.3) is 0 Å². The average molecular weight is 387 g/mol. The van der Waals surface area contributed by atoms with Gasteiger partial charge in [-0.2, -0.15) is 0 Å². The lowest BCUT2D eigenvalue weighted by Crippen LogP contribution is -2.17. The van der Waals surface area contributed by atoms with Crippen LogP contribution in [0.15, 0.2) is 23.4 Å². The van der Waals surface area contributed by atoms with Crippen LogP contribution in [0.3, 0.4) is 0 Å². The molecule has 1 aliphatic carbocycles. The fourth-order valence-corrected chi connectivity index (χ4v) is 4.71. The van der Waals surface area contributed by atoms with Gasteiger partial charge in [-0.25, -0.2) is 0 Å². The van der Waals surface area contributed by atoms with Crippen LogP contribution in [0.1, 0.15) is 69.3 Å².